The molecular weight excluding hydrogens is 307 g/mol. The molecule has 1 aliphatic rings. The fraction of sp³-hybridized carbons (Fsp3) is 0.333. The summed E-state index contributed by atoms with van der Waals surface area (Å²) in [6.45, 7) is 2.30. The lowest BCUT2D eigenvalue weighted by molar-refractivity contribution is 0.319. The molecule has 1 saturated carbocycles. The predicted molar refractivity (Wildman–Crippen MR) is 104 cm³/mol. The van der Waals surface area contributed by atoms with Crippen molar-refractivity contribution in [1.29, 1.82) is 0 Å². The molecular formula is C24H25F. The van der Waals surface area contributed by atoms with Crippen LogP contribution in [-0.4, -0.2) is 0 Å². The molecule has 0 spiro atoms. The van der Waals surface area contributed by atoms with Gasteiger partial charge in [0.2, 0.25) is 0 Å². The van der Waals surface area contributed by atoms with Crippen molar-refractivity contribution in [2.75, 3.05) is 0 Å². The molecule has 1 fully saturated rings. The number of hydrogen-bond acceptors (Lipinski definition) is 0. The first kappa shape index (κ1) is 16.3. The van der Waals surface area contributed by atoms with Gasteiger partial charge < -0.3 is 0 Å². The lowest BCUT2D eigenvalue weighted by Crippen LogP contribution is -2.12. The summed E-state index contributed by atoms with van der Waals surface area (Å²) in [5.41, 5.74) is 3.00. The Labute approximate surface area is 149 Å². The minimum atomic E-state index is -0.107. The van der Waals surface area contributed by atoms with Crippen LogP contribution in [0.4, 0.5) is 4.39 Å². The van der Waals surface area contributed by atoms with E-state index in [2.05, 4.69) is 25.1 Å². The fourth-order valence-electron chi connectivity index (χ4n) is 4.31. The molecule has 0 heterocycles. The Morgan fingerprint density at radius 3 is 2.36 bits per heavy atom. The maximum absolute atomic E-state index is 15.0. The van der Waals surface area contributed by atoms with Crippen LogP contribution in [-0.2, 0) is 0 Å². The Kier molecular flexibility index (Phi) is 4.57. The Hall–Kier alpha value is -2.15. The van der Waals surface area contributed by atoms with Crippen LogP contribution in [0.25, 0.3) is 21.9 Å². The highest BCUT2D eigenvalue weighted by Crippen LogP contribution is 2.38. The molecule has 1 heteroatoms. The van der Waals surface area contributed by atoms with Gasteiger partial charge in [0, 0.05) is 10.9 Å². The molecule has 0 aliphatic heterocycles. The number of fused-ring (bicyclic) bond motifs is 1. The standard InChI is InChI=1S/C24H25F/c1-2-17-8-10-18(11-9-17)20-12-14-23-21(16-20)13-15-22(24(23)25)19-6-4-3-5-7-19/h3-7,12-18H,2,8-11H2,1H3/t17-,18-. The van der Waals surface area contributed by atoms with Crippen LogP contribution in [0.3, 0.4) is 0 Å². The number of benzene rings is 3. The zero-order chi connectivity index (χ0) is 17.2. The maximum atomic E-state index is 15.0. The zero-order valence-electron chi connectivity index (χ0n) is 14.8. The first-order valence-corrected chi connectivity index (χ1v) is 9.54. The Balaban J connectivity index is 1.66. The van der Waals surface area contributed by atoms with E-state index in [0.29, 0.717) is 11.5 Å². The van der Waals surface area contributed by atoms with Crippen LogP contribution >= 0.6 is 0 Å². The van der Waals surface area contributed by atoms with Crippen molar-refractivity contribution in [2.45, 2.75) is 44.9 Å². The van der Waals surface area contributed by atoms with E-state index in [-0.39, 0.29) is 5.82 Å². The SMILES string of the molecule is CC[C@H]1CC[C@H](c2ccc3c(F)c(-c4ccccc4)ccc3c2)CC1. The van der Waals surface area contributed by atoms with Crippen molar-refractivity contribution in [3.05, 3.63) is 72.0 Å². The van der Waals surface area contributed by atoms with Crippen molar-refractivity contribution in [1.82, 2.24) is 0 Å². The molecule has 0 amide bonds. The van der Waals surface area contributed by atoms with E-state index in [0.717, 1.165) is 22.3 Å². The third kappa shape index (κ3) is 3.20. The van der Waals surface area contributed by atoms with E-state index in [1.165, 1.54) is 37.7 Å². The summed E-state index contributed by atoms with van der Waals surface area (Å²) in [4.78, 5) is 0. The van der Waals surface area contributed by atoms with Crippen LogP contribution in [0.1, 0.15) is 50.5 Å². The molecule has 1 aliphatic carbocycles. The third-order valence-electron chi connectivity index (χ3n) is 5.96. The minimum Gasteiger partial charge on any atom is -0.206 e. The molecule has 0 unspecified atom stereocenters. The topological polar surface area (TPSA) is 0 Å². The average Bonchev–Trinajstić information content (AvgIpc) is 2.69. The molecule has 3 aromatic rings. The Bertz CT molecular complexity index is 858. The van der Waals surface area contributed by atoms with Gasteiger partial charge in [0.1, 0.15) is 5.82 Å². The quantitative estimate of drug-likeness (QED) is 0.471. The summed E-state index contributed by atoms with van der Waals surface area (Å²) in [5, 5.41) is 1.75. The summed E-state index contributed by atoms with van der Waals surface area (Å²) in [7, 11) is 0. The summed E-state index contributed by atoms with van der Waals surface area (Å²) in [6.07, 6.45) is 6.52. The summed E-state index contributed by atoms with van der Waals surface area (Å²) in [5.74, 6) is 1.44. The van der Waals surface area contributed by atoms with E-state index in [1.54, 1.807) is 0 Å². The molecule has 0 radical (unpaired) electrons. The van der Waals surface area contributed by atoms with Crippen LogP contribution in [0.2, 0.25) is 0 Å². The van der Waals surface area contributed by atoms with Gasteiger partial charge in [-0.2, -0.15) is 0 Å². The van der Waals surface area contributed by atoms with Crippen LogP contribution in [0.15, 0.2) is 60.7 Å². The molecule has 25 heavy (non-hydrogen) atoms. The van der Waals surface area contributed by atoms with Gasteiger partial charge in [-0.1, -0.05) is 74.0 Å². The van der Waals surface area contributed by atoms with E-state index in [9.17, 15) is 0 Å². The number of halogens is 1. The van der Waals surface area contributed by atoms with Gasteiger partial charge in [0.15, 0.2) is 0 Å². The molecule has 0 atom stereocenters. The van der Waals surface area contributed by atoms with Gasteiger partial charge in [0.25, 0.3) is 0 Å². The van der Waals surface area contributed by atoms with E-state index >= 15 is 4.39 Å². The van der Waals surface area contributed by atoms with Crippen molar-refractivity contribution in [2.24, 2.45) is 5.92 Å². The molecule has 4 rings (SSSR count). The summed E-state index contributed by atoms with van der Waals surface area (Å²) in [6, 6.07) is 20.1. The normalized spacial score (nSPS) is 20.7. The fourth-order valence-corrected chi connectivity index (χ4v) is 4.31. The predicted octanol–water partition coefficient (Wildman–Crippen LogP) is 7.33. The number of hydrogen-bond donors (Lipinski definition) is 0. The van der Waals surface area contributed by atoms with E-state index in [4.69, 9.17) is 0 Å². The average molecular weight is 332 g/mol. The molecule has 0 bridgehead atoms. The van der Waals surface area contributed by atoms with E-state index in [1.807, 2.05) is 42.5 Å². The first-order valence-electron chi connectivity index (χ1n) is 9.54. The van der Waals surface area contributed by atoms with Crippen molar-refractivity contribution < 1.29 is 4.39 Å². The maximum Gasteiger partial charge on any atom is 0.138 e. The lowest BCUT2D eigenvalue weighted by Gasteiger charge is -2.28. The van der Waals surface area contributed by atoms with Crippen molar-refractivity contribution in [3.63, 3.8) is 0 Å². The third-order valence-corrected chi connectivity index (χ3v) is 5.96. The van der Waals surface area contributed by atoms with E-state index < -0.39 is 0 Å². The second-order valence-corrected chi connectivity index (χ2v) is 7.40. The Morgan fingerprint density at radius 1 is 0.880 bits per heavy atom. The van der Waals surface area contributed by atoms with Gasteiger partial charge in [-0.3, -0.25) is 0 Å². The molecule has 0 saturated heterocycles. The second-order valence-electron chi connectivity index (χ2n) is 7.40. The molecule has 0 nitrogen and oxygen atoms in total. The van der Waals surface area contributed by atoms with Crippen LogP contribution < -0.4 is 0 Å². The van der Waals surface area contributed by atoms with Gasteiger partial charge in [0.05, 0.1) is 0 Å². The largest absolute Gasteiger partial charge is 0.206 e. The highest BCUT2D eigenvalue weighted by atomic mass is 19.1. The van der Waals surface area contributed by atoms with Gasteiger partial charge in [-0.05, 0) is 54.0 Å². The van der Waals surface area contributed by atoms with Crippen molar-refractivity contribution in [3.8, 4) is 11.1 Å². The highest BCUT2D eigenvalue weighted by molar-refractivity contribution is 5.88. The molecule has 0 aromatic heterocycles. The Morgan fingerprint density at radius 2 is 1.64 bits per heavy atom. The highest BCUT2D eigenvalue weighted by Gasteiger charge is 2.21. The lowest BCUT2D eigenvalue weighted by atomic mass is 9.77. The summed E-state index contributed by atoms with van der Waals surface area (Å²) >= 11 is 0. The number of rotatable bonds is 3. The van der Waals surface area contributed by atoms with Gasteiger partial charge in [-0.15, -0.1) is 0 Å². The van der Waals surface area contributed by atoms with Crippen molar-refractivity contribution >= 4 is 10.8 Å². The van der Waals surface area contributed by atoms with Crippen LogP contribution in [0, 0.1) is 11.7 Å². The second kappa shape index (κ2) is 7.00. The zero-order valence-corrected chi connectivity index (χ0v) is 14.8. The monoisotopic (exact) mass is 332 g/mol. The first-order chi connectivity index (χ1) is 12.3. The molecule has 0 N–H and O–H groups in total. The minimum absolute atomic E-state index is 0.107. The smallest absolute Gasteiger partial charge is 0.138 e. The van der Waals surface area contributed by atoms with Crippen LogP contribution in [0.5, 0.6) is 0 Å². The van der Waals surface area contributed by atoms with Gasteiger partial charge >= 0.3 is 0 Å². The summed E-state index contributed by atoms with van der Waals surface area (Å²) < 4.78 is 15.0. The molecule has 128 valence electrons. The molecule has 3 aromatic carbocycles. The van der Waals surface area contributed by atoms with Gasteiger partial charge in [-0.25, -0.2) is 4.39 Å².